The summed E-state index contributed by atoms with van der Waals surface area (Å²) in [6.45, 7) is 0.263. The highest BCUT2D eigenvalue weighted by Gasteiger charge is 2.53. The summed E-state index contributed by atoms with van der Waals surface area (Å²) in [7, 11) is -3.69. The molecule has 0 spiro atoms. The van der Waals surface area contributed by atoms with Gasteiger partial charge in [-0.05, 0) is 36.2 Å². The van der Waals surface area contributed by atoms with Crippen molar-refractivity contribution in [3.05, 3.63) is 72.3 Å². The van der Waals surface area contributed by atoms with Crippen LogP contribution in [-0.4, -0.2) is 44.2 Å². The summed E-state index contributed by atoms with van der Waals surface area (Å²) in [6.07, 6.45) is 2.76. The van der Waals surface area contributed by atoms with Gasteiger partial charge in [-0.15, -0.1) is 0 Å². The molecule has 2 aliphatic heterocycles. The Morgan fingerprint density at radius 2 is 1.58 bits per heavy atom. The fourth-order valence-corrected chi connectivity index (χ4v) is 4.95. The molecule has 4 rings (SSSR count). The molecule has 2 aromatic rings. The number of rotatable bonds is 8. The summed E-state index contributed by atoms with van der Waals surface area (Å²) >= 11 is 0. The summed E-state index contributed by atoms with van der Waals surface area (Å²) in [5.74, 6) is -3.33. The van der Waals surface area contributed by atoms with Gasteiger partial charge in [-0.25, -0.2) is 13.1 Å². The van der Waals surface area contributed by atoms with E-state index in [1.807, 2.05) is 30.3 Å². The minimum Gasteiger partial charge on any atom is -0.481 e. The summed E-state index contributed by atoms with van der Waals surface area (Å²) in [4.78, 5) is 24.3. The molecule has 4 atom stereocenters. The second kappa shape index (κ2) is 8.62. The highest BCUT2D eigenvalue weighted by molar-refractivity contribution is 7.89. The number of ether oxygens (including phenoxy) is 1. The Kier molecular flexibility index (Phi) is 5.90. The van der Waals surface area contributed by atoms with Crippen LogP contribution in [0.3, 0.4) is 0 Å². The van der Waals surface area contributed by atoms with E-state index in [0.29, 0.717) is 12.1 Å². The second-order valence-electron chi connectivity index (χ2n) is 7.49. The van der Waals surface area contributed by atoms with Gasteiger partial charge in [0.1, 0.15) is 5.92 Å². The number of carbonyl (C=O) groups excluding carboxylic acids is 1. The molecule has 2 heterocycles. The predicted octanol–water partition coefficient (Wildman–Crippen LogP) is 1.80. The lowest BCUT2D eigenvalue weighted by Gasteiger charge is -2.21. The number of carboxylic acid groups (broad SMARTS) is 1. The van der Waals surface area contributed by atoms with E-state index in [1.54, 1.807) is 12.2 Å². The van der Waals surface area contributed by atoms with Crippen LogP contribution in [0.1, 0.15) is 5.56 Å². The van der Waals surface area contributed by atoms with Crippen LogP contribution in [0.2, 0.25) is 0 Å². The van der Waals surface area contributed by atoms with Gasteiger partial charge in [-0.1, -0.05) is 42.5 Å². The van der Waals surface area contributed by atoms with Gasteiger partial charge in [-0.2, -0.15) is 0 Å². The smallest absolute Gasteiger partial charge is 0.310 e. The van der Waals surface area contributed by atoms with Gasteiger partial charge < -0.3 is 15.2 Å². The van der Waals surface area contributed by atoms with Crippen molar-refractivity contribution in [3.63, 3.8) is 0 Å². The average molecular weight is 442 g/mol. The van der Waals surface area contributed by atoms with E-state index < -0.39 is 45.9 Å². The number of hydrogen-bond acceptors (Lipinski definition) is 5. The number of hydrogen-bond donors (Lipinski definition) is 3. The number of carbonyl (C=O) groups is 2. The monoisotopic (exact) mass is 442 g/mol. The van der Waals surface area contributed by atoms with Crippen molar-refractivity contribution in [2.75, 3.05) is 11.9 Å². The second-order valence-corrected chi connectivity index (χ2v) is 9.25. The number of aliphatic carboxylic acids is 1. The first kappa shape index (κ1) is 21.2. The van der Waals surface area contributed by atoms with Gasteiger partial charge in [0.25, 0.3) is 0 Å². The lowest BCUT2D eigenvalue weighted by molar-refractivity contribution is -0.145. The van der Waals surface area contributed by atoms with Crippen molar-refractivity contribution in [2.24, 2.45) is 11.8 Å². The number of benzene rings is 2. The maximum atomic E-state index is 12.7. The van der Waals surface area contributed by atoms with Crippen LogP contribution in [-0.2, 0) is 30.8 Å². The van der Waals surface area contributed by atoms with Gasteiger partial charge in [0, 0.05) is 12.2 Å². The fraction of sp³-hybridized carbons (Fsp3) is 0.273. The lowest BCUT2D eigenvalue weighted by Crippen LogP contribution is -2.39. The van der Waals surface area contributed by atoms with E-state index >= 15 is 0 Å². The number of sulfonamides is 1. The molecule has 2 aliphatic rings. The highest BCUT2D eigenvalue weighted by atomic mass is 32.2. The summed E-state index contributed by atoms with van der Waals surface area (Å²) < 4.78 is 33.0. The molecule has 0 radical (unpaired) electrons. The molecule has 0 unspecified atom stereocenters. The van der Waals surface area contributed by atoms with Gasteiger partial charge in [0.05, 0.1) is 23.0 Å². The molecule has 31 heavy (non-hydrogen) atoms. The lowest BCUT2D eigenvalue weighted by atomic mass is 9.82. The van der Waals surface area contributed by atoms with Crippen LogP contribution in [0, 0.1) is 11.8 Å². The predicted molar refractivity (Wildman–Crippen MR) is 113 cm³/mol. The SMILES string of the molecule is O=C(O)[C@@H]1[C@H](C(=O)Nc2ccc(S(=O)(=O)NCCc3ccccc3)cc2)[C@@H]2C=C[C@@H]1O2. The molecule has 0 aromatic heterocycles. The first-order valence-electron chi connectivity index (χ1n) is 9.86. The van der Waals surface area contributed by atoms with Crippen LogP contribution >= 0.6 is 0 Å². The Bertz CT molecular complexity index is 1100. The molecule has 3 N–H and O–H groups in total. The molecule has 0 saturated carbocycles. The van der Waals surface area contributed by atoms with E-state index in [2.05, 4.69) is 10.0 Å². The Hall–Kier alpha value is -3.01. The normalized spacial score (nSPS) is 24.3. The van der Waals surface area contributed by atoms with Crippen LogP contribution in [0.4, 0.5) is 5.69 Å². The molecule has 8 nitrogen and oxygen atoms in total. The molecule has 0 aliphatic carbocycles. The molecule has 2 bridgehead atoms. The molecule has 1 amide bonds. The zero-order valence-corrected chi connectivity index (χ0v) is 17.3. The van der Waals surface area contributed by atoms with Crippen molar-refractivity contribution in [3.8, 4) is 0 Å². The van der Waals surface area contributed by atoms with Crippen LogP contribution in [0.5, 0.6) is 0 Å². The van der Waals surface area contributed by atoms with Crippen molar-refractivity contribution in [2.45, 2.75) is 23.5 Å². The van der Waals surface area contributed by atoms with Crippen LogP contribution in [0.25, 0.3) is 0 Å². The third-order valence-corrected chi connectivity index (χ3v) is 6.95. The first-order chi connectivity index (χ1) is 14.8. The topological polar surface area (TPSA) is 122 Å². The minimum atomic E-state index is -3.69. The van der Waals surface area contributed by atoms with Gasteiger partial charge in [0.15, 0.2) is 0 Å². The van der Waals surface area contributed by atoms with E-state index in [4.69, 9.17) is 4.74 Å². The summed E-state index contributed by atoms with van der Waals surface area (Å²) in [5.41, 5.74) is 1.41. The Balaban J connectivity index is 1.37. The largest absolute Gasteiger partial charge is 0.481 e. The maximum absolute atomic E-state index is 12.7. The number of amides is 1. The molecule has 162 valence electrons. The fourth-order valence-electron chi connectivity index (χ4n) is 3.92. The molecule has 1 saturated heterocycles. The molecule has 9 heteroatoms. The number of anilines is 1. The molecular weight excluding hydrogens is 420 g/mol. The van der Waals surface area contributed by atoms with Crippen molar-refractivity contribution >= 4 is 27.6 Å². The van der Waals surface area contributed by atoms with Crippen LogP contribution in [0.15, 0.2) is 71.6 Å². The molecule has 1 fully saturated rings. The maximum Gasteiger partial charge on any atom is 0.310 e. The van der Waals surface area contributed by atoms with E-state index in [9.17, 15) is 23.1 Å². The zero-order chi connectivity index (χ0) is 22.0. The average Bonchev–Trinajstić information content (AvgIpc) is 3.36. The van der Waals surface area contributed by atoms with Crippen LogP contribution < -0.4 is 10.0 Å². The Morgan fingerprint density at radius 1 is 0.935 bits per heavy atom. The first-order valence-corrected chi connectivity index (χ1v) is 11.3. The third kappa shape index (κ3) is 4.53. The van der Waals surface area contributed by atoms with Gasteiger partial charge >= 0.3 is 5.97 Å². The standard InChI is InChI=1S/C22H22N2O6S/c25-21(19-17-10-11-18(30-17)20(19)22(26)27)24-15-6-8-16(9-7-15)31(28,29)23-13-12-14-4-2-1-3-5-14/h1-11,17-20,23H,12-13H2,(H,24,25)(H,26,27)/t17-,18-,19+,20-/m0/s1. The van der Waals surface area contributed by atoms with E-state index in [0.717, 1.165) is 5.56 Å². The zero-order valence-electron chi connectivity index (χ0n) is 16.5. The molecular formula is C22H22N2O6S. The van der Waals surface area contributed by atoms with Gasteiger partial charge in [-0.3, -0.25) is 9.59 Å². The summed E-state index contributed by atoms with van der Waals surface area (Å²) in [5, 5.41) is 12.1. The Morgan fingerprint density at radius 3 is 2.23 bits per heavy atom. The molecule has 2 aromatic carbocycles. The van der Waals surface area contributed by atoms with Crippen molar-refractivity contribution in [1.29, 1.82) is 0 Å². The number of nitrogens with one attached hydrogen (secondary N) is 2. The summed E-state index contributed by atoms with van der Waals surface area (Å²) in [6, 6.07) is 15.3. The highest BCUT2D eigenvalue weighted by Crippen LogP contribution is 2.39. The third-order valence-electron chi connectivity index (χ3n) is 5.47. The number of fused-ring (bicyclic) bond motifs is 2. The quantitative estimate of drug-likeness (QED) is 0.536. The van der Waals surface area contributed by atoms with Crippen molar-refractivity contribution in [1.82, 2.24) is 4.72 Å². The number of carboxylic acids is 1. The minimum absolute atomic E-state index is 0.0770. The van der Waals surface area contributed by atoms with E-state index in [1.165, 1.54) is 24.3 Å². The Labute approximate surface area is 180 Å². The van der Waals surface area contributed by atoms with Crippen molar-refractivity contribution < 1.29 is 27.9 Å². The van der Waals surface area contributed by atoms with Gasteiger partial charge in [0.2, 0.25) is 15.9 Å². The van der Waals surface area contributed by atoms with E-state index in [-0.39, 0.29) is 11.4 Å².